The second kappa shape index (κ2) is 6.04. The van der Waals surface area contributed by atoms with Crippen LogP contribution in [0.2, 0.25) is 5.02 Å². The van der Waals surface area contributed by atoms with E-state index in [0.717, 1.165) is 5.56 Å². The Hall–Kier alpha value is -1.59. The number of aliphatic hydroxyl groups excluding tert-OH is 1. The smallest absolute Gasteiger partial charge is 0.313 e. The molecule has 0 radical (unpaired) electrons. The third kappa shape index (κ3) is 4.54. The van der Waals surface area contributed by atoms with Gasteiger partial charge in [-0.25, -0.2) is 0 Å². The molecule has 0 saturated heterocycles. The quantitative estimate of drug-likeness (QED) is 0.736. The van der Waals surface area contributed by atoms with E-state index in [9.17, 15) is 9.59 Å². The van der Waals surface area contributed by atoms with Gasteiger partial charge in [-0.1, -0.05) is 17.7 Å². The molecule has 1 rings (SSSR count). The molecule has 0 atom stereocenters. The van der Waals surface area contributed by atoms with Crippen molar-refractivity contribution in [3.8, 4) is 0 Å². The van der Waals surface area contributed by atoms with E-state index in [1.165, 1.54) is 0 Å². The lowest BCUT2D eigenvalue weighted by Gasteiger charge is -2.22. The molecule has 0 aliphatic carbocycles. The molecule has 19 heavy (non-hydrogen) atoms. The van der Waals surface area contributed by atoms with Gasteiger partial charge in [0.15, 0.2) is 0 Å². The minimum atomic E-state index is -0.848. The third-order valence-corrected chi connectivity index (χ3v) is 2.89. The average Bonchev–Trinajstić information content (AvgIpc) is 2.33. The van der Waals surface area contributed by atoms with Gasteiger partial charge in [-0.05, 0) is 38.5 Å². The lowest BCUT2D eigenvalue weighted by Crippen LogP contribution is -2.50. The molecule has 3 N–H and O–H groups in total. The summed E-state index contributed by atoms with van der Waals surface area (Å²) in [6.45, 7) is 4.80. The summed E-state index contributed by atoms with van der Waals surface area (Å²) in [7, 11) is 0. The van der Waals surface area contributed by atoms with Gasteiger partial charge in [-0.3, -0.25) is 9.59 Å². The number of aliphatic hydroxyl groups is 1. The lowest BCUT2D eigenvalue weighted by atomic mass is 10.1. The first-order valence-electron chi connectivity index (χ1n) is 5.76. The maximum Gasteiger partial charge on any atom is 0.313 e. The third-order valence-electron chi connectivity index (χ3n) is 2.48. The zero-order valence-corrected chi connectivity index (χ0v) is 11.8. The molecular weight excluding hydrogens is 268 g/mol. The van der Waals surface area contributed by atoms with Crippen LogP contribution in [0.15, 0.2) is 18.2 Å². The van der Waals surface area contributed by atoms with E-state index < -0.39 is 17.4 Å². The standard InChI is InChI=1S/C13H17ClN2O3/c1-8-4-5-9(6-10(8)14)15-11(18)12(19)16-13(2,3)7-17/h4-6,17H,7H2,1-3H3,(H,15,18)(H,16,19). The average molecular weight is 285 g/mol. The van der Waals surface area contributed by atoms with Gasteiger partial charge in [0.2, 0.25) is 0 Å². The second-order valence-corrected chi connectivity index (χ2v) is 5.32. The Bertz CT molecular complexity index is 501. The van der Waals surface area contributed by atoms with Crippen molar-refractivity contribution >= 4 is 29.1 Å². The Morgan fingerprint density at radius 1 is 1.32 bits per heavy atom. The second-order valence-electron chi connectivity index (χ2n) is 4.91. The number of aryl methyl sites for hydroxylation is 1. The molecule has 104 valence electrons. The highest BCUT2D eigenvalue weighted by Crippen LogP contribution is 2.19. The fourth-order valence-electron chi connectivity index (χ4n) is 1.26. The van der Waals surface area contributed by atoms with Gasteiger partial charge in [0, 0.05) is 10.7 Å². The summed E-state index contributed by atoms with van der Waals surface area (Å²) < 4.78 is 0. The van der Waals surface area contributed by atoms with Crippen molar-refractivity contribution in [2.75, 3.05) is 11.9 Å². The Morgan fingerprint density at radius 3 is 2.47 bits per heavy atom. The summed E-state index contributed by atoms with van der Waals surface area (Å²) in [6, 6.07) is 4.97. The van der Waals surface area contributed by atoms with Gasteiger partial charge in [-0.15, -0.1) is 0 Å². The molecule has 2 amide bonds. The first-order chi connectivity index (χ1) is 8.75. The van der Waals surface area contributed by atoms with Gasteiger partial charge >= 0.3 is 11.8 Å². The molecule has 0 aliphatic rings. The van der Waals surface area contributed by atoms with Crippen LogP contribution >= 0.6 is 11.6 Å². The van der Waals surface area contributed by atoms with Crippen molar-refractivity contribution in [2.45, 2.75) is 26.3 Å². The lowest BCUT2D eigenvalue weighted by molar-refractivity contribution is -0.137. The van der Waals surface area contributed by atoms with E-state index in [4.69, 9.17) is 16.7 Å². The van der Waals surface area contributed by atoms with Crippen molar-refractivity contribution in [1.82, 2.24) is 5.32 Å². The zero-order chi connectivity index (χ0) is 14.6. The molecule has 1 aromatic rings. The summed E-state index contributed by atoms with van der Waals surface area (Å²) in [5.74, 6) is -1.61. The Balaban J connectivity index is 2.69. The Labute approximate surface area is 117 Å². The summed E-state index contributed by atoms with van der Waals surface area (Å²) >= 11 is 5.92. The minimum Gasteiger partial charge on any atom is -0.394 e. The minimum absolute atomic E-state index is 0.262. The Kier molecular flexibility index (Phi) is 4.91. The van der Waals surface area contributed by atoms with Crippen LogP contribution in [0.25, 0.3) is 0 Å². The molecular formula is C13H17ClN2O3. The number of amides is 2. The maximum absolute atomic E-state index is 11.7. The van der Waals surface area contributed by atoms with Gasteiger partial charge in [0.25, 0.3) is 0 Å². The van der Waals surface area contributed by atoms with E-state index in [1.54, 1.807) is 32.0 Å². The summed E-state index contributed by atoms with van der Waals surface area (Å²) in [6.07, 6.45) is 0. The number of hydrogen-bond acceptors (Lipinski definition) is 3. The number of carbonyl (C=O) groups excluding carboxylic acids is 2. The number of halogens is 1. The first kappa shape index (κ1) is 15.5. The molecule has 0 unspecified atom stereocenters. The fraction of sp³-hybridized carbons (Fsp3) is 0.385. The highest BCUT2D eigenvalue weighted by Gasteiger charge is 2.23. The van der Waals surface area contributed by atoms with Crippen LogP contribution < -0.4 is 10.6 Å². The molecule has 1 aromatic carbocycles. The predicted octanol–water partition coefficient (Wildman–Crippen LogP) is 1.47. The molecule has 0 aliphatic heterocycles. The molecule has 0 fully saturated rings. The molecule has 6 heteroatoms. The van der Waals surface area contributed by atoms with Crippen molar-refractivity contribution in [3.63, 3.8) is 0 Å². The van der Waals surface area contributed by atoms with Crippen LogP contribution in [0.4, 0.5) is 5.69 Å². The van der Waals surface area contributed by atoms with Gasteiger partial charge in [0.05, 0.1) is 12.1 Å². The van der Waals surface area contributed by atoms with Crippen LogP contribution in [-0.2, 0) is 9.59 Å². The van der Waals surface area contributed by atoms with E-state index in [1.807, 2.05) is 6.92 Å². The number of anilines is 1. The fourth-order valence-corrected chi connectivity index (χ4v) is 1.44. The molecule has 0 saturated carbocycles. The van der Waals surface area contributed by atoms with Gasteiger partial charge in [0.1, 0.15) is 0 Å². The van der Waals surface area contributed by atoms with Crippen molar-refractivity contribution in [3.05, 3.63) is 28.8 Å². The maximum atomic E-state index is 11.7. The highest BCUT2D eigenvalue weighted by molar-refractivity contribution is 6.40. The van der Waals surface area contributed by atoms with Crippen molar-refractivity contribution in [2.24, 2.45) is 0 Å². The van der Waals surface area contributed by atoms with Crippen molar-refractivity contribution < 1.29 is 14.7 Å². The highest BCUT2D eigenvalue weighted by atomic mass is 35.5. The number of rotatable bonds is 3. The van der Waals surface area contributed by atoms with Crippen LogP contribution in [0, 0.1) is 6.92 Å². The number of benzene rings is 1. The first-order valence-corrected chi connectivity index (χ1v) is 6.13. The van der Waals surface area contributed by atoms with Gasteiger partial charge < -0.3 is 15.7 Å². The normalized spacial score (nSPS) is 11.0. The number of carbonyl (C=O) groups is 2. The van der Waals surface area contributed by atoms with Crippen LogP contribution in [0.5, 0.6) is 0 Å². The van der Waals surface area contributed by atoms with Crippen LogP contribution in [-0.4, -0.2) is 29.1 Å². The van der Waals surface area contributed by atoms with E-state index in [0.29, 0.717) is 10.7 Å². The number of hydrogen-bond donors (Lipinski definition) is 3. The topological polar surface area (TPSA) is 78.4 Å². The van der Waals surface area contributed by atoms with Crippen LogP contribution in [0.3, 0.4) is 0 Å². The van der Waals surface area contributed by atoms with Gasteiger partial charge in [-0.2, -0.15) is 0 Å². The van der Waals surface area contributed by atoms with Crippen LogP contribution in [0.1, 0.15) is 19.4 Å². The monoisotopic (exact) mass is 284 g/mol. The zero-order valence-electron chi connectivity index (χ0n) is 11.1. The summed E-state index contributed by atoms with van der Waals surface area (Å²) in [5.41, 5.74) is 0.474. The number of nitrogens with one attached hydrogen (secondary N) is 2. The van der Waals surface area contributed by atoms with E-state index >= 15 is 0 Å². The predicted molar refractivity (Wildman–Crippen MR) is 74.1 cm³/mol. The molecule has 5 nitrogen and oxygen atoms in total. The summed E-state index contributed by atoms with van der Waals surface area (Å²) in [5, 5.41) is 14.4. The molecule has 0 bridgehead atoms. The summed E-state index contributed by atoms with van der Waals surface area (Å²) in [4.78, 5) is 23.3. The molecule has 0 heterocycles. The van der Waals surface area contributed by atoms with E-state index in [2.05, 4.69) is 10.6 Å². The SMILES string of the molecule is Cc1ccc(NC(=O)C(=O)NC(C)(C)CO)cc1Cl. The Morgan fingerprint density at radius 2 is 1.95 bits per heavy atom. The van der Waals surface area contributed by atoms with Crippen molar-refractivity contribution in [1.29, 1.82) is 0 Å². The molecule has 0 spiro atoms. The van der Waals surface area contributed by atoms with E-state index in [-0.39, 0.29) is 6.61 Å². The largest absolute Gasteiger partial charge is 0.394 e. The molecule has 0 aromatic heterocycles.